The Balaban J connectivity index is 1.28. The van der Waals surface area contributed by atoms with Crippen molar-refractivity contribution in [3.05, 3.63) is 46.9 Å². The molecule has 0 spiro atoms. The zero-order valence-corrected chi connectivity index (χ0v) is 15.8. The molecule has 1 amide bonds. The molecule has 1 aromatic rings. The largest absolute Gasteiger partial charge is 0.343 e. The minimum atomic E-state index is -3.08. The van der Waals surface area contributed by atoms with Crippen LogP contribution < -0.4 is 0 Å². The molecule has 0 radical (unpaired) electrons. The summed E-state index contributed by atoms with van der Waals surface area (Å²) < 4.78 is 23.0. The molecule has 0 N–H and O–H groups in total. The van der Waals surface area contributed by atoms with E-state index in [2.05, 4.69) is 29.2 Å². The van der Waals surface area contributed by atoms with Crippen LogP contribution in [0.1, 0.15) is 30.4 Å². The lowest BCUT2D eigenvalue weighted by Gasteiger charge is -2.40. The molecule has 3 heterocycles. The third-order valence-electron chi connectivity index (χ3n) is 5.94. The van der Waals surface area contributed by atoms with Crippen LogP contribution >= 0.6 is 0 Å². The highest BCUT2D eigenvalue weighted by atomic mass is 32.2. The molecule has 1 saturated heterocycles. The minimum Gasteiger partial charge on any atom is -0.343 e. The van der Waals surface area contributed by atoms with Gasteiger partial charge in [0.25, 0.3) is 0 Å². The van der Waals surface area contributed by atoms with Gasteiger partial charge in [-0.25, -0.2) is 8.42 Å². The van der Waals surface area contributed by atoms with Crippen LogP contribution in [0.3, 0.4) is 0 Å². The molecule has 3 aliphatic rings. The molecule has 1 atom stereocenters. The van der Waals surface area contributed by atoms with Crippen molar-refractivity contribution in [3.63, 3.8) is 0 Å². The van der Waals surface area contributed by atoms with Crippen molar-refractivity contribution in [3.8, 4) is 0 Å². The summed E-state index contributed by atoms with van der Waals surface area (Å²) in [5.41, 5.74) is 2.91. The molecular weight excluding hydrogens is 348 g/mol. The molecule has 6 heteroatoms. The first kappa shape index (κ1) is 17.7. The first-order chi connectivity index (χ1) is 12.5. The predicted octanol–water partition coefficient (Wildman–Crippen LogP) is 1.98. The number of hydrogen-bond donors (Lipinski definition) is 0. The fraction of sp³-hybridized carbons (Fsp3) is 0.550. The number of amides is 1. The Kier molecular flexibility index (Phi) is 4.88. The van der Waals surface area contributed by atoms with E-state index >= 15 is 0 Å². The van der Waals surface area contributed by atoms with Gasteiger partial charge in [0.2, 0.25) is 5.91 Å². The summed E-state index contributed by atoms with van der Waals surface area (Å²) in [5.74, 6) is 0.0329. The number of piperidine rings is 1. The predicted molar refractivity (Wildman–Crippen MR) is 101 cm³/mol. The van der Waals surface area contributed by atoms with Gasteiger partial charge in [-0.1, -0.05) is 30.3 Å². The van der Waals surface area contributed by atoms with Gasteiger partial charge >= 0.3 is 0 Å². The van der Waals surface area contributed by atoms with Gasteiger partial charge in [-0.3, -0.25) is 9.69 Å². The number of sulfone groups is 1. The summed E-state index contributed by atoms with van der Waals surface area (Å²) in [6, 6.07) is 9.22. The molecule has 1 aromatic carbocycles. The molecule has 3 aliphatic heterocycles. The number of carbonyl (C=O) groups excluding carboxylic acids is 1. The van der Waals surface area contributed by atoms with Crippen LogP contribution in [0.25, 0.3) is 0 Å². The normalized spacial score (nSPS) is 26.0. The average Bonchev–Trinajstić information content (AvgIpc) is 2.99. The van der Waals surface area contributed by atoms with Crippen molar-refractivity contribution in [2.24, 2.45) is 5.92 Å². The number of benzene rings is 1. The lowest BCUT2D eigenvalue weighted by atomic mass is 9.95. The molecular formula is C20H26N2O3S. The Morgan fingerprint density at radius 3 is 2.50 bits per heavy atom. The number of fused-ring (bicyclic) bond motifs is 1. The van der Waals surface area contributed by atoms with Crippen molar-refractivity contribution in [1.29, 1.82) is 0 Å². The Labute approximate surface area is 155 Å². The van der Waals surface area contributed by atoms with Crippen molar-refractivity contribution in [2.45, 2.75) is 38.3 Å². The molecule has 26 heavy (non-hydrogen) atoms. The van der Waals surface area contributed by atoms with Gasteiger partial charge in [0.05, 0.1) is 5.75 Å². The van der Waals surface area contributed by atoms with E-state index in [-0.39, 0.29) is 17.6 Å². The van der Waals surface area contributed by atoms with E-state index < -0.39 is 9.84 Å². The average molecular weight is 375 g/mol. The van der Waals surface area contributed by atoms with Gasteiger partial charge in [-0.2, -0.15) is 0 Å². The van der Waals surface area contributed by atoms with Gasteiger partial charge in [-0.05, 0) is 30.4 Å². The monoisotopic (exact) mass is 374 g/mol. The van der Waals surface area contributed by atoms with E-state index in [4.69, 9.17) is 0 Å². The first-order valence-electron chi connectivity index (χ1n) is 9.50. The Morgan fingerprint density at radius 1 is 1.08 bits per heavy atom. The number of nitrogens with zero attached hydrogens (tertiary/aromatic N) is 2. The van der Waals surface area contributed by atoms with Gasteiger partial charge in [0, 0.05) is 50.0 Å². The number of hydrogen-bond acceptors (Lipinski definition) is 4. The molecule has 4 rings (SSSR count). The first-order valence-corrected chi connectivity index (χ1v) is 11.2. The maximum absolute atomic E-state index is 12.5. The summed E-state index contributed by atoms with van der Waals surface area (Å²) in [7, 11) is -3.08. The number of allylic oxidation sites excluding steroid dienone is 1. The zero-order chi connectivity index (χ0) is 18.1. The van der Waals surface area contributed by atoms with E-state index in [1.54, 1.807) is 6.08 Å². The molecule has 0 aromatic heterocycles. The van der Waals surface area contributed by atoms with Gasteiger partial charge in [-0.15, -0.1) is 0 Å². The van der Waals surface area contributed by atoms with E-state index in [0.717, 1.165) is 45.4 Å². The zero-order valence-electron chi connectivity index (χ0n) is 15.0. The molecule has 0 saturated carbocycles. The SMILES string of the molecule is O=C(CC1C=CS(=O)(=O)C1)N1CCC(N2CCc3ccccc3C2)CC1. The highest BCUT2D eigenvalue weighted by molar-refractivity contribution is 7.94. The number of rotatable bonds is 3. The summed E-state index contributed by atoms with van der Waals surface area (Å²) in [6.45, 7) is 3.68. The quantitative estimate of drug-likeness (QED) is 0.812. The van der Waals surface area contributed by atoms with Gasteiger partial charge in [0.1, 0.15) is 0 Å². The fourth-order valence-electron chi connectivity index (χ4n) is 4.43. The van der Waals surface area contributed by atoms with Crippen LogP contribution in [0, 0.1) is 5.92 Å². The summed E-state index contributed by atoms with van der Waals surface area (Å²) in [6.07, 6.45) is 5.11. The second-order valence-corrected chi connectivity index (χ2v) is 9.65. The molecule has 140 valence electrons. The fourth-order valence-corrected chi connectivity index (χ4v) is 5.83. The molecule has 1 fully saturated rings. The van der Waals surface area contributed by atoms with Crippen LogP contribution in [0.15, 0.2) is 35.7 Å². The highest BCUT2D eigenvalue weighted by Crippen LogP contribution is 2.26. The number of likely N-dealkylation sites (tertiary alicyclic amines) is 1. The highest BCUT2D eigenvalue weighted by Gasteiger charge is 2.31. The van der Waals surface area contributed by atoms with E-state index in [0.29, 0.717) is 12.5 Å². The van der Waals surface area contributed by atoms with E-state index in [1.165, 1.54) is 16.5 Å². The molecule has 1 unspecified atom stereocenters. The van der Waals surface area contributed by atoms with Crippen LogP contribution in [0.5, 0.6) is 0 Å². The Hall–Kier alpha value is -1.66. The Morgan fingerprint density at radius 2 is 1.81 bits per heavy atom. The van der Waals surface area contributed by atoms with Crippen LogP contribution in [0.2, 0.25) is 0 Å². The Bertz CT molecular complexity index is 810. The topological polar surface area (TPSA) is 57.7 Å². The van der Waals surface area contributed by atoms with Gasteiger partial charge < -0.3 is 4.90 Å². The van der Waals surface area contributed by atoms with Crippen molar-refractivity contribution in [1.82, 2.24) is 9.80 Å². The minimum absolute atomic E-state index is 0.0857. The molecule has 5 nitrogen and oxygen atoms in total. The molecule has 0 aliphatic carbocycles. The second kappa shape index (κ2) is 7.16. The van der Waals surface area contributed by atoms with E-state index in [1.807, 2.05) is 4.90 Å². The smallest absolute Gasteiger partial charge is 0.223 e. The maximum Gasteiger partial charge on any atom is 0.223 e. The maximum atomic E-state index is 12.5. The van der Waals surface area contributed by atoms with Crippen molar-refractivity contribution in [2.75, 3.05) is 25.4 Å². The molecule has 0 bridgehead atoms. The van der Waals surface area contributed by atoms with Crippen molar-refractivity contribution < 1.29 is 13.2 Å². The standard InChI is InChI=1S/C20H26N2O3S/c23-20(13-16-8-12-26(24,25)15-16)21-10-6-19(7-11-21)22-9-5-17-3-1-2-4-18(17)14-22/h1-4,8,12,16,19H,5-7,9-11,13-15H2. The van der Waals surface area contributed by atoms with E-state index in [9.17, 15) is 13.2 Å². The number of carbonyl (C=O) groups is 1. The second-order valence-electron chi connectivity index (χ2n) is 7.72. The van der Waals surface area contributed by atoms with Crippen molar-refractivity contribution >= 4 is 15.7 Å². The summed E-state index contributed by atoms with van der Waals surface area (Å²) in [5, 5.41) is 1.26. The van der Waals surface area contributed by atoms with Crippen LogP contribution in [-0.2, 0) is 27.6 Å². The lowest BCUT2D eigenvalue weighted by Crippen LogP contribution is -2.48. The third kappa shape index (κ3) is 3.86. The lowest BCUT2D eigenvalue weighted by molar-refractivity contribution is -0.133. The third-order valence-corrected chi connectivity index (χ3v) is 7.40. The summed E-state index contributed by atoms with van der Waals surface area (Å²) in [4.78, 5) is 17.0. The van der Waals surface area contributed by atoms with Crippen LogP contribution in [0.4, 0.5) is 0 Å². The summed E-state index contributed by atoms with van der Waals surface area (Å²) >= 11 is 0. The van der Waals surface area contributed by atoms with Gasteiger partial charge in [0.15, 0.2) is 9.84 Å². The van der Waals surface area contributed by atoms with Crippen LogP contribution in [-0.4, -0.2) is 55.6 Å².